The average Bonchev–Trinajstić information content (AvgIpc) is 2.93. The van der Waals surface area contributed by atoms with Crippen molar-refractivity contribution in [3.8, 4) is 0 Å². The first-order chi connectivity index (χ1) is 8.81. The minimum Gasteiger partial charge on any atom is -0.370 e. The number of nitrogens with zero attached hydrogens (tertiary/aromatic N) is 2. The lowest BCUT2D eigenvalue weighted by Gasteiger charge is -2.36. The van der Waals surface area contributed by atoms with Gasteiger partial charge in [0.2, 0.25) is 5.91 Å². The van der Waals surface area contributed by atoms with E-state index < -0.39 is 0 Å². The second-order valence-electron chi connectivity index (χ2n) is 5.20. The summed E-state index contributed by atoms with van der Waals surface area (Å²) in [6.07, 6.45) is 4.91. The topological polar surface area (TPSA) is 58.8 Å². The molecule has 2 heterocycles. The first-order valence-corrected chi connectivity index (χ1v) is 7.11. The predicted molar refractivity (Wildman–Crippen MR) is 70.3 cm³/mol. The van der Waals surface area contributed by atoms with Gasteiger partial charge in [0, 0.05) is 25.7 Å². The molecule has 2 fully saturated rings. The number of likely N-dealkylation sites (tertiary alicyclic amines) is 2. The molecule has 2 saturated heterocycles. The van der Waals surface area contributed by atoms with Crippen LogP contribution in [0.3, 0.4) is 0 Å². The van der Waals surface area contributed by atoms with E-state index in [1.165, 1.54) is 25.9 Å². The number of carbonyl (C=O) groups is 1. The third-order valence-corrected chi connectivity index (χ3v) is 3.96. The fourth-order valence-electron chi connectivity index (χ4n) is 2.92. The molecule has 1 amide bonds. The normalized spacial score (nSPS) is 22.6. The Morgan fingerprint density at radius 1 is 1.17 bits per heavy atom. The van der Waals surface area contributed by atoms with Gasteiger partial charge in [-0.05, 0) is 38.8 Å². The lowest BCUT2D eigenvalue weighted by molar-refractivity contribution is -0.137. The van der Waals surface area contributed by atoms with Gasteiger partial charge in [0.25, 0.3) is 0 Å². The summed E-state index contributed by atoms with van der Waals surface area (Å²) in [5, 5.41) is 0. The highest BCUT2D eigenvalue weighted by Gasteiger charge is 2.27. The molecule has 0 atom stereocenters. The van der Waals surface area contributed by atoms with Crippen molar-refractivity contribution >= 4 is 5.91 Å². The number of hydrogen-bond acceptors (Lipinski definition) is 4. The van der Waals surface area contributed by atoms with E-state index in [2.05, 4.69) is 4.90 Å². The predicted octanol–water partition coefficient (Wildman–Crippen LogP) is 0.0485. The third-order valence-electron chi connectivity index (χ3n) is 3.96. The van der Waals surface area contributed by atoms with Crippen molar-refractivity contribution in [1.29, 1.82) is 0 Å². The zero-order chi connectivity index (χ0) is 12.8. The Morgan fingerprint density at radius 3 is 2.44 bits per heavy atom. The highest BCUT2D eigenvalue weighted by molar-refractivity contribution is 5.77. The minimum atomic E-state index is 0.114. The van der Waals surface area contributed by atoms with Crippen LogP contribution in [0.1, 0.15) is 25.7 Å². The molecule has 0 aliphatic carbocycles. The Morgan fingerprint density at radius 2 is 1.83 bits per heavy atom. The molecule has 0 aromatic carbocycles. The molecular formula is C13H25N3O2. The number of amides is 1. The maximum Gasteiger partial charge on any atom is 0.248 e. The van der Waals surface area contributed by atoms with E-state index in [-0.39, 0.29) is 12.5 Å². The van der Waals surface area contributed by atoms with Gasteiger partial charge in [0.1, 0.15) is 6.61 Å². The number of carbonyl (C=O) groups excluding carboxylic acids is 1. The molecule has 5 nitrogen and oxygen atoms in total. The van der Waals surface area contributed by atoms with Crippen LogP contribution in [0.2, 0.25) is 0 Å². The molecule has 0 bridgehead atoms. The highest BCUT2D eigenvalue weighted by Crippen LogP contribution is 2.20. The first kappa shape index (κ1) is 13.8. The monoisotopic (exact) mass is 255 g/mol. The summed E-state index contributed by atoms with van der Waals surface area (Å²) in [6.45, 7) is 5.39. The molecule has 0 radical (unpaired) electrons. The summed E-state index contributed by atoms with van der Waals surface area (Å²) >= 11 is 0. The zero-order valence-corrected chi connectivity index (χ0v) is 11.1. The fourth-order valence-corrected chi connectivity index (χ4v) is 2.92. The zero-order valence-electron chi connectivity index (χ0n) is 11.1. The molecule has 0 aromatic heterocycles. The lowest BCUT2D eigenvalue weighted by atomic mass is 10.0. The van der Waals surface area contributed by atoms with E-state index in [9.17, 15) is 4.79 Å². The number of piperidine rings is 1. The Bertz CT molecular complexity index is 259. The van der Waals surface area contributed by atoms with Gasteiger partial charge < -0.3 is 20.3 Å². The van der Waals surface area contributed by atoms with Crippen LogP contribution in [-0.4, -0.2) is 67.7 Å². The maximum absolute atomic E-state index is 11.8. The van der Waals surface area contributed by atoms with E-state index in [0.717, 1.165) is 25.9 Å². The van der Waals surface area contributed by atoms with Crippen molar-refractivity contribution in [3.63, 3.8) is 0 Å². The van der Waals surface area contributed by atoms with E-state index in [1.807, 2.05) is 4.90 Å². The maximum atomic E-state index is 11.8. The number of rotatable bonds is 5. The molecule has 2 N–H and O–H groups in total. The summed E-state index contributed by atoms with van der Waals surface area (Å²) in [6, 6.07) is 0.696. The Labute approximate surface area is 109 Å². The Kier molecular flexibility index (Phi) is 5.41. The van der Waals surface area contributed by atoms with Gasteiger partial charge >= 0.3 is 0 Å². The van der Waals surface area contributed by atoms with Gasteiger partial charge in [-0.1, -0.05) is 0 Å². The van der Waals surface area contributed by atoms with Crippen LogP contribution in [0.15, 0.2) is 0 Å². The molecule has 2 aliphatic heterocycles. The van der Waals surface area contributed by atoms with Crippen molar-refractivity contribution < 1.29 is 9.53 Å². The van der Waals surface area contributed by atoms with Crippen molar-refractivity contribution in [2.75, 3.05) is 45.9 Å². The standard InChI is InChI=1S/C13H25N3O2/c14-5-10-18-11-13(17)16-8-3-12(4-9-16)15-6-1-2-7-15/h12H,1-11,14H2. The van der Waals surface area contributed by atoms with Gasteiger partial charge in [0.05, 0.1) is 6.61 Å². The summed E-state index contributed by atoms with van der Waals surface area (Å²) < 4.78 is 5.20. The van der Waals surface area contributed by atoms with Crippen LogP contribution < -0.4 is 5.73 Å². The number of ether oxygens (including phenoxy) is 1. The summed E-state index contributed by atoms with van der Waals surface area (Å²) in [5.41, 5.74) is 5.33. The van der Waals surface area contributed by atoms with Crippen molar-refractivity contribution in [1.82, 2.24) is 9.80 Å². The third kappa shape index (κ3) is 3.67. The summed E-state index contributed by atoms with van der Waals surface area (Å²) in [7, 11) is 0. The van der Waals surface area contributed by atoms with Crippen LogP contribution >= 0.6 is 0 Å². The number of nitrogens with two attached hydrogens (primary N) is 1. The van der Waals surface area contributed by atoms with Gasteiger partial charge in [-0.3, -0.25) is 4.79 Å². The SMILES string of the molecule is NCCOCC(=O)N1CCC(N2CCCC2)CC1. The Balaban J connectivity index is 1.67. The molecule has 18 heavy (non-hydrogen) atoms. The molecular weight excluding hydrogens is 230 g/mol. The second-order valence-corrected chi connectivity index (χ2v) is 5.20. The van der Waals surface area contributed by atoms with E-state index in [0.29, 0.717) is 19.2 Å². The molecule has 5 heteroatoms. The van der Waals surface area contributed by atoms with Crippen LogP contribution in [0, 0.1) is 0 Å². The van der Waals surface area contributed by atoms with Crippen LogP contribution in [0.5, 0.6) is 0 Å². The highest BCUT2D eigenvalue weighted by atomic mass is 16.5. The quantitative estimate of drug-likeness (QED) is 0.705. The molecule has 0 saturated carbocycles. The first-order valence-electron chi connectivity index (χ1n) is 7.11. The second kappa shape index (κ2) is 7.07. The molecule has 0 aromatic rings. The van der Waals surface area contributed by atoms with Gasteiger partial charge in [-0.25, -0.2) is 0 Å². The minimum absolute atomic E-state index is 0.114. The number of hydrogen-bond donors (Lipinski definition) is 1. The molecule has 0 unspecified atom stereocenters. The summed E-state index contributed by atoms with van der Waals surface area (Å²) in [4.78, 5) is 16.4. The molecule has 2 aliphatic rings. The smallest absolute Gasteiger partial charge is 0.248 e. The molecule has 2 rings (SSSR count). The van der Waals surface area contributed by atoms with Crippen molar-refractivity contribution in [3.05, 3.63) is 0 Å². The van der Waals surface area contributed by atoms with Gasteiger partial charge in [-0.2, -0.15) is 0 Å². The molecule has 0 spiro atoms. The fraction of sp³-hybridized carbons (Fsp3) is 0.923. The van der Waals surface area contributed by atoms with E-state index >= 15 is 0 Å². The summed E-state index contributed by atoms with van der Waals surface area (Å²) in [5.74, 6) is 0.114. The van der Waals surface area contributed by atoms with Crippen LogP contribution in [0.4, 0.5) is 0 Å². The van der Waals surface area contributed by atoms with E-state index in [1.54, 1.807) is 0 Å². The van der Waals surface area contributed by atoms with Gasteiger partial charge in [0.15, 0.2) is 0 Å². The van der Waals surface area contributed by atoms with Crippen LogP contribution in [-0.2, 0) is 9.53 Å². The van der Waals surface area contributed by atoms with Crippen LogP contribution in [0.25, 0.3) is 0 Å². The van der Waals surface area contributed by atoms with Gasteiger partial charge in [-0.15, -0.1) is 0 Å². The Hall–Kier alpha value is -0.650. The van der Waals surface area contributed by atoms with Crippen molar-refractivity contribution in [2.24, 2.45) is 5.73 Å². The van der Waals surface area contributed by atoms with Crippen molar-refractivity contribution in [2.45, 2.75) is 31.7 Å². The average molecular weight is 255 g/mol. The largest absolute Gasteiger partial charge is 0.370 e. The van der Waals surface area contributed by atoms with E-state index in [4.69, 9.17) is 10.5 Å². The lowest BCUT2D eigenvalue weighted by Crippen LogP contribution is -2.46. The molecule has 104 valence electrons.